The van der Waals surface area contributed by atoms with Crippen molar-refractivity contribution in [3.63, 3.8) is 0 Å². The summed E-state index contributed by atoms with van der Waals surface area (Å²) in [6.45, 7) is 5.64. The normalized spacial score (nSPS) is 14.9. The second kappa shape index (κ2) is 7.77. The SMILES string of the molecule is CC1(C(=O)Nc2cccc(NSc3ccc(-c4noc(C(C)(C)N)n4)cc3)c2)CC1. The van der Waals surface area contributed by atoms with Crippen molar-refractivity contribution in [2.45, 2.75) is 44.0 Å². The maximum atomic E-state index is 12.2. The summed E-state index contributed by atoms with van der Waals surface area (Å²) in [7, 11) is 0. The van der Waals surface area contributed by atoms with Crippen molar-refractivity contribution in [1.29, 1.82) is 0 Å². The zero-order valence-corrected chi connectivity index (χ0v) is 18.0. The number of carbonyl (C=O) groups is 1. The molecule has 1 saturated carbocycles. The lowest BCUT2D eigenvalue weighted by Gasteiger charge is -2.12. The summed E-state index contributed by atoms with van der Waals surface area (Å²) in [5.41, 5.74) is 7.70. The molecule has 1 aliphatic carbocycles. The lowest BCUT2D eigenvalue weighted by atomic mass is 10.1. The fourth-order valence-electron chi connectivity index (χ4n) is 2.75. The van der Waals surface area contributed by atoms with Gasteiger partial charge in [-0.3, -0.25) is 4.79 Å². The van der Waals surface area contributed by atoms with Crippen LogP contribution >= 0.6 is 11.9 Å². The third-order valence-corrected chi connectivity index (χ3v) is 5.89. The van der Waals surface area contributed by atoms with Gasteiger partial charge in [0.15, 0.2) is 0 Å². The molecule has 1 heterocycles. The number of aromatic nitrogens is 2. The van der Waals surface area contributed by atoms with Crippen molar-refractivity contribution in [1.82, 2.24) is 10.1 Å². The quantitative estimate of drug-likeness (QED) is 0.469. The van der Waals surface area contributed by atoms with E-state index in [9.17, 15) is 4.79 Å². The van der Waals surface area contributed by atoms with E-state index in [1.807, 2.05) is 69.3 Å². The number of nitrogens with one attached hydrogen (secondary N) is 2. The summed E-state index contributed by atoms with van der Waals surface area (Å²) in [5, 5.41) is 7.01. The lowest BCUT2D eigenvalue weighted by molar-refractivity contribution is -0.120. The monoisotopic (exact) mass is 423 g/mol. The molecule has 1 aromatic heterocycles. The molecular weight excluding hydrogens is 398 g/mol. The van der Waals surface area contributed by atoms with Gasteiger partial charge in [-0.1, -0.05) is 18.1 Å². The average molecular weight is 424 g/mol. The van der Waals surface area contributed by atoms with Crippen molar-refractivity contribution >= 4 is 29.2 Å². The molecule has 1 amide bonds. The molecule has 156 valence electrons. The summed E-state index contributed by atoms with van der Waals surface area (Å²) in [6, 6.07) is 15.6. The molecule has 4 rings (SSSR count). The summed E-state index contributed by atoms with van der Waals surface area (Å²) in [5.74, 6) is 1.01. The van der Waals surface area contributed by atoms with Gasteiger partial charge in [-0.2, -0.15) is 4.98 Å². The Morgan fingerprint density at radius 3 is 2.50 bits per heavy atom. The molecule has 0 aliphatic heterocycles. The van der Waals surface area contributed by atoms with Crippen LogP contribution in [0, 0.1) is 5.41 Å². The predicted molar refractivity (Wildman–Crippen MR) is 119 cm³/mol. The molecule has 0 atom stereocenters. The van der Waals surface area contributed by atoms with E-state index in [1.54, 1.807) is 0 Å². The molecule has 0 unspecified atom stereocenters. The van der Waals surface area contributed by atoms with Gasteiger partial charge in [0.2, 0.25) is 17.6 Å². The Labute approximate surface area is 180 Å². The molecule has 2 aromatic carbocycles. The highest BCUT2D eigenvalue weighted by molar-refractivity contribution is 8.00. The predicted octanol–water partition coefficient (Wildman–Crippen LogP) is 4.79. The molecule has 0 bridgehead atoms. The van der Waals surface area contributed by atoms with Crippen LogP contribution in [0.25, 0.3) is 11.4 Å². The van der Waals surface area contributed by atoms with Crippen LogP contribution in [0.2, 0.25) is 0 Å². The first-order valence-corrected chi connectivity index (χ1v) is 10.6. The van der Waals surface area contributed by atoms with Crippen LogP contribution in [0.5, 0.6) is 0 Å². The van der Waals surface area contributed by atoms with Gasteiger partial charge < -0.3 is 20.3 Å². The largest absolute Gasteiger partial charge is 0.337 e. The van der Waals surface area contributed by atoms with Gasteiger partial charge in [0.25, 0.3) is 0 Å². The van der Waals surface area contributed by atoms with Crippen LogP contribution in [0.3, 0.4) is 0 Å². The van der Waals surface area contributed by atoms with E-state index in [0.717, 1.165) is 34.7 Å². The molecule has 0 spiro atoms. The number of benzene rings is 2. The highest BCUT2D eigenvalue weighted by Gasteiger charge is 2.44. The number of hydrogen-bond donors (Lipinski definition) is 3. The number of nitrogens with zero attached hydrogens (tertiary/aromatic N) is 2. The maximum Gasteiger partial charge on any atom is 0.246 e. The molecule has 1 aliphatic rings. The first-order valence-electron chi connectivity index (χ1n) is 9.81. The van der Waals surface area contributed by atoms with E-state index < -0.39 is 5.54 Å². The molecule has 0 saturated heterocycles. The number of hydrogen-bond acceptors (Lipinski definition) is 7. The molecule has 1 fully saturated rings. The van der Waals surface area contributed by atoms with Crippen molar-refractivity contribution in [3.8, 4) is 11.4 Å². The standard InChI is InChI=1S/C22H25N5O2S/c1-21(2,23)20-25-18(26-29-20)14-7-9-17(10-8-14)30-27-16-6-4-5-15(13-16)24-19(28)22(3)11-12-22/h4-10,13,27H,11-12,23H2,1-3H3,(H,24,28). The summed E-state index contributed by atoms with van der Waals surface area (Å²) < 4.78 is 8.56. The van der Waals surface area contributed by atoms with Crippen LogP contribution in [0.1, 0.15) is 39.5 Å². The highest BCUT2D eigenvalue weighted by atomic mass is 32.2. The number of anilines is 2. The van der Waals surface area contributed by atoms with Gasteiger partial charge in [-0.15, -0.1) is 0 Å². The fraction of sp³-hybridized carbons (Fsp3) is 0.318. The van der Waals surface area contributed by atoms with Gasteiger partial charge in [0, 0.05) is 27.2 Å². The molecule has 0 radical (unpaired) electrons. The first-order chi connectivity index (χ1) is 14.2. The van der Waals surface area contributed by atoms with E-state index in [0.29, 0.717) is 11.7 Å². The second-order valence-corrected chi connectivity index (χ2v) is 9.35. The molecular formula is C22H25N5O2S. The van der Waals surface area contributed by atoms with Crippen LogP contribution in [-0.2, 0) is 10.3 Å². The Hall–Kier alpha value is -2.84. The van der Waals surface area contributed by atoms with Crippen LogP contribution in [0.4, 0.5) is 11.4 Å². The van der Waals surface area contributed by atoms with Crippen LogP contribution < -0.4 is 15.8 Å². The second-order valence-electron chi connectivity index (χ2n) is 8.47. The Morgan fingerprint density at radius 1 is 1.17 bits per heavy atom. The van der Waals surface area contributed by atoms with Gasteiger partial charge >= 0.3 is 0 Å². The lowest BCUT2D eigenvalue weighted by Crippen LogP contribution is -2.28. The molecule has 30 heavy (non-hydrogen) atoms. The fourth-order valence-corrected chi connectivity index (χ4v) is 3.38. The van der Waals surface area contributed by atoms with E-state index >= 15 is 0 Å². The Balaban J connectivity index is 1.37. The summed E-state index contributed by atoms with van der Waals surface area (Å²) in [6.07, 6.45) is 1.91. The number of carbonyl (C=O) groups excluding carboxylic acids is 1. The number of nitrogens with two attached hydrogens (primary N) is 1. The van der Waals surface area contributed by atoms with Crippen LogP contribution in [-0.4, -0.2) is 16.0 Å². The summed E-state index contributed by atoms with van der Waals surface area (Å²) >= 11 is 1.49. The van der Waals surface area contributed by atoms with Crippen molar-refractivity contribution in [2.75, 3.05) is 10.0 Å². The Kier molecular flexibility index (Phi) is 5.29. The zero-order valence-electron chi connectivity index (χ0n) is 17.2. The van der Waals surface area contributed by atoms with Gasteiger partial charge in [0.05, 0.1) is 5.54 Å². The number of rotatable bonds is 7. The highest BCUT2D eigenvalue weighted by Crippen LogP contribution is 2.45. The molecule has 3 aromatic rings. The molecule has 4 N–H and O–H groups in total. The molecule has 7 nitrogen and oxygen atoms in total. The van der Waals surface area contributed by atoms with E-state index in [1.165, 1.54) is 11.9 Å². The first kappa shape index (κ1) is 20.4. The van der Waals surface area contributed by atoms with Gasteiger partial charge in [0.1, 0.15) is 0 Å². The zero-order chi connectivity index (χ0) is 21.4. The Bertz CT molecular complexity index is 1050. The van der Waals surface area contributed by atoms with Crippen molar-refractivity contribution < 1.29 is 9.32 Å². The van der Waals surface area contributed by atoms with E-state index in [-0.39, 0.29) is 11.3 Å². The third kappa shape index (κ3) is 4.66. The minimum Gasteiger partial charge on any atom is -0.337 e. The van der Waals surface area contributed by atoms with Crippen LogP contribution in [0.15, 0.2) is 57.9 Å². The topological polar surface area (TPSA) is 106 Å². The van der Waals surface area contributed by atoms with E-state index in [4.69, 9.17) is 10.3 Å². The minimum absolute atomic E-state index is 0.0885. The van der Waals surface area contributed by atoms with Gasteiger partial charge in [-0.25, -0.2) is 0 Å². The van der Waals surface area contributed by atoms with Crippen molar-refractivity contribution in [3.05, 3.63) is 54.4 Å². The third-order valence-electron chi connectivity index (χ3n) is 5.05. The molecule has 8 heteroatoms. The van der Waals surface area contributed by atoms with Gasteiger partial charge in [-0.05, 0) is 81.1 Å². The minimum atomic E-state index is -0.671. The van der Waals surface area contributed by atoms with E-state index in [2.05, 4.69) is 20.2 Å². The smallest absolute Gasteiger partial charge is 0.246 e. The maximum absolute atomic E-state index is 12.2. The van der Waals surface area contributed by atoms with Crippen molar-refractivity contribution in [2.24, 2.45) is 11.1 Å². The average Bonchev–Trinajstić information content (AvgIpc) is 3.26. The summed E-state index contributed by atoms with van der Waals surface area (Å²) in [4.78, 5) is 17.6. The Morgan fingerprint density at radius 2 is 1.87 bits per heavy atom. The number of amides is 1.